The Bertz CT molecular complexity index is 337. The van der Waals surface area contributed by atoms with Gasteiger partial charge < -0.3 is 9.73 Å². The lowest BCUT2D eigenvalue weighted by molar-refractivity contribution is 0.407. The van der Waals surface area contributed by atoms with Gasteiger partial charge in [-0.2, -0.15) is 11.8 Å². The lowest BCUT2D eigenvalue weighted by Crippen LogP contribution is -2.25. The third kappa shape index (κ3) is 4.06. The van der Waals surface area contributed by atoms with Gasteiger partial charge in [0, 0.05) is 18.0 Å². The van der Waals surface area contributed by atoms with E-state index in [1.54, 1.807) is 0 Å². The van der Waals surface area contributed by atoms with Gasteiger partial charge in [-0.3, -0.25) is 0 Å². The second kappa shape index (κ2) is 7.90. The van der Waals surface area contributed by atoms with Crippen molar-refractivity contribution < 1.29 is 4.42 Å². The van der Waals surface area contributed by atoms with Gasteiger partial charge in [0.1, 0.15) is 5.76 Å². The first-order valence-electron chi connectivity index (χ1n) is 7.20. The van der Waals surface area contributed by atoms with E-state index < -0.39 is 0 Å². The molecule has 18 heavy (non-hydrogen) atoms. The highest BCUT2D eigenvalue weighted by Crippen LogP contribution is 2.30. The number of thioether (sulfide) groups is 1. The van der Waals surface area contributed by atoms with Gasteiger partial charge in [0.05, 0.1) is 6.26 Å². The van der Waals surface area contributed by atoms with Crippen molar-refractivity contribution in [1.29, 1.82) is 0 Å². The monoisotopic (exact) mass is 267 g/mol. The third-order valence-corrected chi connectivity index (χ3v) is 4.41. The van der Waals surface area contributed by atoms with Crippen molar-refractivity contribution in [2.75, 3.05) is 18.6 Å². The summed E-state index contributed by atoms with van der Waals surface area (Å²) in [6.07, 6.45) is 13.1. The Balaban J connectivity index is 1.60. The van der Waals surface area contributed by atoms with Crippen molar-refractivity contribution >= 4 is 11.8 Å². The Morgan fingerprint density at radius 2 is 2.22 bits per heavy atom. The number of nitrogens with one attached hydrogen (secondary N) is 1. The molecule has 102 valence electrons. The molecule has 1 aliphatic carbocycles. The van der Waals surface area contributed by atoms with E-state index in [4.69, 9.17) is 4.42 Å². The fraction of sp³-hybridized carbons (Fsp3) is 0.733. The lowest BCUT2D eigenvalue weighted by atomic mass is 9.93. The van der Waals surface area contributed by atoms with Crippen LogP contribution in [0.15, 0.2) is 16.7 Å². The molecule has 0 radical (unpaired) electrons. The van der Waals surface area contributed by atoms with Crippen LogP contribution in [0.4, 0.5) is 0 Å². The van der Waals surface area contributed by atoms with Crippen LogP contribution in [0.5, 0.6) is 0 Å². The minimum atomic E-state index is 0.540. The second-order valence-electron chi connectivity index (χ2n) is 5.11. The average molecular weight is 267 g/mol. The van der Waals surface area contributed by atoms with E-state index in [-0.39, 0.29) is 0 Å². The molecule has 0 saturated carbocycles. The molecule has 1 aromatic heterocycles. The van der Waals surface area contributed by atoms with Crippen LogP contribution < -0.4 is 5.32 Å². The number of unbranched alkanes of at least 4 members (excludes halogenated alkanes) is 3. The summed E-state index contributed by atoms with van der Waals surface area (Å²) in [6.45, 7) is 1.15. The molecule has 1 aromatic rings. The highest BCUT2D eigenvalue weighted by atomic mass is 32.2. The molecular weight excluding hydrogens is 242 g/mol. The van der Waals surface area contributed by atoms with Crippen LogP contribution in [0.3, 0.4) is 0 Å². The summed E-state index contributed by atoms with van der Waals surface area (Å²) in [7, 11) is 0. The van der Waals surface area contributed by atoms with Crippen molar-refractivity contribution in [1.82, 2.24) is 5.32 Å². The van der Waals surface area contributed by atoms with Crippen LogP contribution in [-0.4, -0.2) is 18.6 Å². The van der Waals surface area contributed by atoms with Crippen LogP contribution in [0.25, 0.3) is 0 Å². The van der Waals surface area contributed by atoms with Gasteiger partial charge in [-0.15, -0.1) is 0 Å². The van der Waals surface area contributed by atoms with Gasteiger partial charge in [-0.05, 0) is 50.3 Å². The van der Waals surface area contributed by atoms with Gasteiger partial charge in [0.2, 0.25) is 0 Å². The van der Waals surface area contributed by atoms with E-state index in [1.807, 2.05) is 18.0 Å². The molecule has 1 N–H and O–H groups in total. The lowest BCUT2D eigenvalue weighted by Gasteiger charge is -2.22. The van der Waals surface area contributed by atoms with Gasteiger partial charge in [0.15, 0.2) is 0 Å². The molecule has 1 atom stereocenters. The number of fused-ring (bicyclic) bond motifs is 1. The maximum Gasteiger partial charge on any atom is 0.108 e. The SMILES string of the molecule is CSCCCCCCNC1CCCc2occc21. The summed E-state index contributed by atoms with van der Waals surface area (Å²) in [5, 5.41) is 3.69. The van der Waals surface area contributed by atoms with Crippen molar-refractivity contribution in [2.45, 2.75) is 51.0 Å². The fourth-order valence-corrected chi connectivity index (χ4v) is 3.19. The molecule has 0 spiro atoms. The van der Waals surface area contributed by atoms with Crippen LogP contribution >= 0.6 is 11.8 Å². The van der Waals surface area contributed by atoms with Crippen molar-refractivity contribution in [3.05, 3.63) is 23.7 Å². The molecule has 0 amide bonds. The van der Waals surface area contributed by atoms with Crippen LogP contribution in [-0.2, 0) is 6.42 Å². The van der Waals surface area contributed by atoms with E-state index in [0.717, 1.165) is 13.0 Å². The molecule has 1 aliphatic rings. The normalized spacial score (nSPS) is 18.8. The summed E-state index contributed by atoms with van der Waals surface area (Å²) in [4.78, 5) is 0. The Labute approximate surface area is 115 Å². The predicted molar refractivity (Wildman–Crippen MR) is 79.2 cm³/mol. The predicted octanol–water partition coefficient (Wildman–Crippen LogP) is 4.17. The topological polar surface area (TPSA) is 25.2 Å². The average Bonchev–Trinajstić information content (AvgIpc) is 2.86. The smallest absolute Gasteiger partial charge is 0.108 e. The largest absolute Gasteiger partial charge is 0.469 e. The van der Waals surface area contributed by atoms with E-state index in [2.05, 4.69) is 17.6 Å². The van der Waals surface area contributed by atoms with E-state index in [9.17, 15) is 0 Å². The summed E-state index contributed by atoms with van der Waals surface area (Å²) < 4.78 is 5.52. The molecule has 1 unspecified atom stereocenters. The summed E-state index contributed by atoms with van der Waals surface area (Å²) >= 11 is 1.96. The highest BCUT2D eigenvalue weighted by Gasteiger charge is 2.21. The highest BCUT2D eigenvalue weighted by molar-refractivity contribution is 7.98. The zero-order valence-corrected chi connectivity index (χ0v) is 12.2. The van der Waals surface area contributed by atoms with E-state index >= 15 is 0 Å². The maximum absolute atomic E-state index is 5.52. The van der Waals surface area contributed by atoms with Gasteiger partial charge >= 0.3 is 0 Å². The second-order valence-corrected chi connectivity index (χ2v) is 6.09. The molecule has 0 aliphatic heterocycles. The first-order valence-corrected chi connectivity index (χ1v) is 8.60. The molecular formula is C15H25NOS. The molecule has 0 bridgehead atoms. The summed E-state index contributed by atoms with van der Waals surface area (Å²) in [5.74, 6) is 2.52. The van der Waals surface area contributed by atoms with Gasteiger partial charge in [-0.1, -0.05) is 12.8 Å². The van der Waals surface area contributed by atoms with Gasteiger partial charge in [0.25, 0.3) is 0 Å². The Morgan fingerprint density at radius 3 is 3.11 bits per heavy atom. The van der Waals surface area contributed by atoms with Crippen molar-refractivity contribution in [3.8, 4) is 0 Å². The number of hydrogen-bond donors (Lipinski definition) is 1. The quantitative estimate of drug-likeness (QED) is 0.716. The molecule has 2 nitrogen and oxygen atoms in total. The minimum absolute atomic E-state index is 0.540. The standard InChI is InChI=1S/C15H25NOS/c1-18-12-5-3-2-4-10-16-14-7-6-8-15-13(14)9-11-17-15/h9,11,14,16H,2-8,10,12H2,1H3. The van der Waals surface area contributed by atoms with Crippen LogP contribution in [0.1, 0.15) is 55.9 Å². The minimum Gasteiger partial charge on any atom is -0.469 e. The number of hydrogen-bond acceptors (Lipinski definition) is 3. The Kier molecular flexibility index (Phi) is 6.15. The van der Waals surface area contributed by atoms with Crippen LogP contribution in [0.2, 0.25) is 0 Å². The van der Waals surface area contributed by atoms with E-state index in [1.165, 1.54) is 55.6 Å². The van der Waals surface area contributed by atoms with Crippen LogP contribution in [0, 0.1) is 0 Å². The molecule has 0 saturated heterocycles. The molecule has 3 heteroatoms. The zero-order chi connectivity index (χ0) is 12.6. The van der Waals surface area contributed by atoms with Crippen molar-refractivity contribution in [2.24, 2.45) is 0 Å². The van der Waals surface area contributed by atoms with Crippen molar-refractivity contribution in [3.63, 3.8) is 0 Å². The third-order valence-electron chi connectivity index (χ3n) is 3.72. The zero-order valence-electron chi connectivity index (χ0n) is 11.4. The summed E-state index contributed by atoms with van der Waals surface area (Å²) in [5.41, 5.74) is 1.41. The molecule has 1 heterocycles. The number of aryl methyl sites for hydroxylation is 1. The number of furan rings is 1. The first kappa shape index (κ1) is 14.0. The molecule has 0 aromatic carbocycles. The first-order chi connectivity index (χ1) is 8.92. The van der Waals surface area contributed by atoms with E-state index in [0.29, 0.717) is 6.04 Å². The summed E-state index contributed by atoms with van der Waals surface area (Å²) in [6, 6.07) is 2.68. The maximum atomic E-state index is 5.52. The van der Waals surface area contributed by atoms with Gasteiger partial charge in [-0.25, -0.2) is 0 Å². The molecule has 2 rings (SSSR count). The molecule has 0 fully saturated rings. The Morgan fingerprint density at radius 1 is 1.33 bits per heavy atom. The fourth-order valence-electron chi connectivity index (χ4n) is 2.70. The Hall–Kier alpha value is -0.410. The number of rotatable bonds is 8.